The first-order chi connectivity index (χ1) is 8.69. The maximum atomic E-state index is 6.27. The minimum atomic E-state index is 0.739. The van der Waals surface area contributed by atoms with Crippen molar-refractivity contribution >= 4 is 35.0 Å². The van der Waals surface area contributed by atoms with Crippen molar-refractivity contribution in [3.05, 3.63) is 58.1 Å². The van der Waals surface area contributed by atoms with Crippen LogP contribution in [0.3, 0.4) is 0 Å². The minimum absolute atomic E-state index is 0.739. The van der Waals surface area contributed by atoms with E-state index in [2.05, 4.69) is 11.4 Å². The van der Waals surface area contributed by atoms with Crippen molar-refractivity contribution in [3.8, 4) is 0 Å². The summed E-state index contributed by atoms with van der Waals surface area (Å²) in [6.45, 7) is 0.821. The lowest BCUT2D eigenvalue weighted by molar-refractivity contribution is 0.817. The lowest BCUT2D eigenvalue weighted by Crippen LogP contribution is -2.04. The van der Waals surface area contributed by atoms with Crippen molar-refractivity contribution in [1.29, 1.82) is 0 Å². The van der Waals surface area contributed by atoms with E-state index in [1.807, 2.05) is 43.4 Å². The average molecular weight is 298 g/mol. The highest BCUT2D eigenvalue weighted by molar-refractivity contribution is 7.99. The molecule has 0 aliphatic heterocycles. The second-order valence-electron chi connectivity index (χ2n) is 3.85. The molecule has 2 aromatic carbocycles. The molecule has 0 radical (unpaired) electrons. The van der Waals surface area contributed by atoms with Crippen molar-refractivity contribution in [2.75, 3.05) is 7.05 Å². The summed E-state index contributed by atoms with van der Waals surface area (Å²) in [6, 6.07) is 13.9. The molecule has 0 aliphatic carbocycles. The molecule has 0 aromatic heterocycles. The molecule has 0 fully saturated rings. The first-order valence-corrected chi connectivity index (χ1v) is 7.13. The first kappa shape index (κ1) is 13.8. The summed E-state index contributed by atoms with van der Waals surface area (Å²) in [5, 5.41) is 4.61. The summed E-state index contributed by atoms with van der Waals surface area (Å²) in [5.41, 5.74) is 1.18. The summed E-state index contributed by atoms with van der Waals surface area (Å²) in [7, 11) is 1.92. The predicted molar refractivity (Wildman–Crippen MR) is 79.8 cm³/mol. The third-order valence-electron chi connectivity index (χ3n) is 2.40. The van der Waals surface area contributed by atoms with Crippen LogP contribution in [0.1, 0.15) is 5.56 Å². The lowest BCUT2D eigenvalue weighted by Gasteiger charge is -2.07. The second kappa shape index (κ2) is 6.48. The van der Waals surface area contributed by atoms with Gasteiger partial charge in [0.25, 0.3) is 0 Å². The Labute approximate surface area is 121 Å². The van der Waals surface area contributed by atoms with Gasteiger partial charge in [-0.25, -0.2) is 0 Å². The fourth-order valence-corrected chi connectivity index (χ4v) is 3.05. The van der Waals surface area contributed by atoms with E-state index in [-0.39, 0.29) is 0 Å². The molecule has 0 saturated carbocycles. The Morgan fingerprint density at radius 3 is 2.61 bits per heavy atom. The smallest absolute Gasteiger partial charge is 0.0548 e. The second-order valence-corrected chi connectivity index (χ2v) is 5.81. The molecule has 18 heavy (non-hydrogen) atoms. The van der Waals surface area contributed by atoms with E-state index in [1.165, 1.54) is 5.56 Å². The zero-order valence-electron chi connectivity index (χ0n) is 9.91. The van der Waals surface area contributed by atoms with E-state index in [0.29, 0.717) is 0 Å². The van der Waals surface area contributed by atoms with Gasteiger partial charge in [0.05, 0.1) is 5.02 Å². The largest absolute Gasteiger partial charge is 0.316 e. The van der Waals surface area contributed by atoms with Crippen LogP contribution in [0.2, 0.25) is 10.0 Å². The number of hydrogen-bond acceptors (Lipinski definition) is 2. The van der Waals surface area contributed by atoms with Gasteiger partial charge in [-0.1, -0.05) is 47.1 Å². The Kier molecular flexibility index (Phi) is 4.95. The van der Waals surface area contributed by atoms with Crippen LogP contribution in [0, 0.1) is 0 Å². The van der Waals surface area contributed by atoms with Crippen molar-refractivity contribution < 1.29 is 0 Å². The highest BCUT2D eigenvalue weighted by Crippen LogP contribution is 2.34. The Balaban J connectivity index is 2.19. The Morgan fingerprint density at radius 1 is 1.11 bits per heavy atom. The van der Waals surface area contributed by atoms with Crippen molar-refractivity contribution in [2.45, 2.75) is 16.3 Å². The van der Waals surface area contributed by atoms with Gasteiger partial charge >= 0.3 is 0 Å². The number of hydrogen-bond donors (Lipinski definition) is 1. The van der Waals surface area contributed by atoms with Crippen LogP contribution in [-0.2, 0) is 6.54 Å². The number of nitrogens with one attached hydrogen (secondary N) is 1. The molecular formula is C14H13Cl2NS. The summed E-state index contributed by atoms with van der Waals surface area (Å²) < 4.78 is 0. The fourth-order valence-electron chi connectivity index (χ4n) is 1.60. The van der Waals surface area contributed by atoms with Crippen molar-refractivity contribution in [2.24, 2.45) is 0 Å². The molecule has 0 aliphatic rings. The zero-order chi connectivity index (χ0) is 13.0. The van der Waals surface area contributed by atoms with Gasteiger partial charge in [0, 0.05) is 21.4 Å². The van der Waals surface area contributed by atoms with E-state index >= 15 is 0 Å². The topological polar surface area (TPSA) is 12.0 Å². The number of halogens is 2. The molecule has 0 saturated heterocycles. The van der Waals surface area contributed by atoms with Crippen LogP contribution in [0.15, 0.2) is 52.3 Å². The molecule has 1 nitrogen and oxygen atoms in total. The number of rotatable bonds is 4. The van der Waals surface area contributed by atoms with Crippen LogP contribution < -0.4 is 5.32 Å². The van der Waals surface area contributed by atoms with E-state index in [9.17, 15) is 0 Å². The maximum Gasteiger partial charge on any atom is 0.0548 e. The quantitative estimate of drug-likeness (QED) is 0.864. The molecular weight excluding hydrogens is 285 g/mol. The minimum Gasteiger partial charge on any atom is -0.316 e. The Bertz CT molecular complexity index is 543. The molecule has 0 unspecified atom stereocenters. The van der Waals surface area contributed by atoms with Crippen LogP contribution in [0.25, 0.3) is 0 Å². The molecule has 0 bridgehead atoms. The lowest BCUT2D eigenvalue weighted by atomic mass is 10.2. The highest BCUT2D eigenvalue weighted by atomic mass is 35.5. The third kappa shape index (κ3) is 3.66. The maximum absolute atomic E-state index is 6.27. The van der Waals surface area contributed by atoms with Gasteiger partial charge in [-0.2, -0.15) is 0 Å². The zero-order valence-corrected chi connectivity index (χ0v) is 12.2. The third-order valence-corrected chi connectivity index (χ3v) is 4.13. The van der Waals surface area contributed by atoms with Gasteiger partial charge in [-0.3, -0.25) is 0 Å². The molecule has 0 spiro atoms. The van der Waals surface area contributed by atoms with Crippen LogP contribution in [0.4, 0.5) is 0 Å². The molecule has 0 amide bonds. The van der Waals surface area contributed by atoms with Crippen LogP contribution >= 0.6 is 35.0 Å². The normalized spacial score (nSPS) is 10.6. The van der Waals surface area contributed by atoms with Gasteiger partial charge in [0.1, 0.15) is 0 Å². The average Bonchev–Trinajstić information content (AvgIpc) is 2.33. The summed E-state index contributed by atoms with van der Waals surface area (Å²) in [6.07, 6.45) is 0. The molecule has 2 aromatic rings. The van der Waals surface area contributed by atoms with Crippen molar-refractivity contribution in [3.63, 3.8) is 0 Å². The summed E-state index contributed by atoms with van der Waals surface area (Å²) in [5.74, 6) is 0. The predicted octanol–water partition coefficient (Wildman–Crippen LogP) is 4.86. The van der Waals surface area contributed by atoms with Gasteiger partial charge in [0.2, 0.25) is 0 Å². The van der Waals surface area contributed by atoms with Crippen LogP contribution in [-0.4, -0.2) is 7.05 Å². The SMILES string of the molecule is CNCc1ccc(Sc2cccc(Cl)c2)c(Cl)c1. The van der Waals surface area contributed by atoms with E-state index in [1.54, 1.807) is 11.8 Å². The van der Waals surface area contributed by atoms with Gasteiger partial charge in [0.15, 0.2) is 0 Å². The molecule has 1 N–H and O–H groups in total. The Morgan fingerprint density at radius 2 is 1.94 bits per heavy atom. The number of benzene rings is 2. The molecule has 94 valence electrons. The molecule has 0 heterocycles. The van der Waals surface area contributed by atoms with Gasteiger partial charge < -0.3 is 5.32 Å². The summed E-state index contributed by atoms with van der Waals surface area (Å²) in [4.78, 5) is 2.13. The van der Waals surface area contributed by atoms with Gasteiger partial charge in [-0.15, -0.1) is 0 Å². The molecule has 2 rings (SSSR count). The van der Waals surface area contributed by atoms with Gasteiger partial charge in [-0.05, 0) is 42.9 Å². The van der Waals surface area contributed by atoms with Crippen molar-refractivity contribution in [1.82, 2.24) is 5.32 Å². The monoisotopic (exact) mass is 297 g/mol. The van der Waals surface area contributed by atoms with E-state index in [4.69, 9.17) is 23.2 Å². The Hall–Kier alpha value is -0.670. The van der Waals surface area contributed by atoms with E-state index in [0.717, 1.165) is 26.4 Å². The van der Waals surface area contributed by atoms with Crippen LogP contribution in [0.5, 0.6) is 0 Å². The molecule has 4 heteroatoms. The summed E-state index contributed by atoms with van der Waals surface area (Å²) >= 11 is 13.9. The molecule has 0 atom stereocenters. The highest BCUT2D eigenvalue weighted by Gasteiger charge is 2.04. The standard InChI is InChI=1S/C14H13Cl2NS/c1-17-9-10-5-6-14(13(16)7-10)18-12-4-2-3-11(15)8-12/h2-8,17H,9H2,1H3. The fraction of sp³-hybridized carbons (Fsp3) is 0.143. The van der Waals surface area contributed by atoms with E-state index < -0.39 is 0 Å². The first-order valence-electron chi connectivity index (χ1n) is 5.55.